The number of phenols is 2. The molecular formula is C31H33NO8. The first-order valence-electron chi connectivity index (χ1n) is 13.5. The lowest BCUT2D eigenvalue weighted by molar-refractivity contribution is -0.126. The zero-order valence-electron chi connectivity index (χ0n) is 23.2. The van der Waals surface area contributed by atoms with Crippen molar-refractivity contribution in [3.8, 4) is 17.2 Å². The minimum absolute atomic E-state index is 0.104. The molecule has 5 N–H and O–H groups in total. The first kappa shape index (κ1) is 26.4. The van der Waals surface area contributed by atoms with Gasteiger partial charge >= 0.3 is 0 Å². The number of phenolic OH excluding ortho intramolecular Hbond substituents is 2. The molecule has 2 aromatic carbocycles. The van der Waals surface area contributed by atoms with Crippen LogP contribution in [0, 0.1) is 17.3 Å². The average Bonchev–Trinajstić information content (AvgIpc) is 3.23. The number of benzene rings is 2. The topological polar surface area (TPSA) is 156 Å². The van der Waals surface area contributed by atoms with Gasteiger partial charge in [0.05, 0.1) is 30.1 Å². The number of primary amides is 1. The first-order chi connectivity index (χ1) is 18.8. The predicted molar refractivity (Wildman–Crippen MR) is 146 cm³/mol. The Morgan fingerprint density at radius 1 is 1.10 bits per heavy atom. The lowest BCUT2D eigenvalue weighted by atomic mass is 9.54. The second-order valence-electron chi connectivity index (χ2n) is 12.1. The number of aromatic hydroxyl groups is 2. The fraction of sp³-hybridized carbons (Fsp3) is 0.452. The quantitative estimate of drug-likeness (QED) is 0.253. The molecule has 1 unspecified atom stereocenters. The summed E-state index contributed by atoms with van der Waals surface area (Å²) < 4.78 is 11.8. The second-order valence-corrected chi connectivity index (χ2v) is 12.1. The van der Waals surface area contributed by atoms with Crippen molar-refractivity contribution < 1.29 is 39.2 Å². The number of carbonyl (C=O) groups is 3. The molecule has 4 atom stereocenters. The Balaban J connectivity index is 1.74. The van der Waals surface area contributed by atoms with Crippen molar-refractivity contribution in [2.24, 2.45) is 23.0 Å². The average molecular weight is 548 g/mol. The summed E-state index contributed by atoms with van der Waals surface area (Å²) >= 11 is 0. The van der Waals surface area contributed by atoms with Crippen LogP contribution in [0.1, 0.15) is 73.2 Å². The molecule has 0 heterocycles. The summed E-state index contributed by atoms with van der Waals surface area (Å²) in [6.07, 6.45) is 3.44. The van der Waals surface area contributed by atoms with Crippen LogP contribution in [-0.4, -0.2) is 47.0 Å². The number of carbonyl (C=O) groups excluding carboxylic acids is 3. The van der Waals surface area contributed by atoms with E-state index >= 15 is 0 Å². The van der Waals surface area contributed by atoms with Gasteiger partial charge in [-0.05, 0) is 42.7 Å². The third-order valence-corrected chi connectivity index (χ3v) is 10.2. The third kappa shape index (κ3) is 2.93. The number of fused-ring (bicyclic) bond motifs is 4. The molecule has 0 saturated heterocycles. The fourth-order valence-electron chi connectivity index (χ4n) is 8.35. The number of Topliss-reactive ketones (excluding diaryl/α,β-unsaturated/α-hetero) is 2. The summed E-state index contributed by atoms with van der Waals surface area (Å²) in [5, 5.41) is 34.3. The van der Waals surface area contributed by atoms with Gasteiger partial charge in [0.15, 0.2) is 11.6 Å². The Morgan fingerprint density at radius 2 is 1.80 bits per heavy atom. The number of ether oxygens (including phenoxy) is 2. The van der Waals surface area contributed by atoms with Gasteiger partial charge in [-0.15, -0.1) is 0 Å². The van der Waals surface area contributed by atoms with Crippen molar-refractivity contribution in [3.63, 3.8) is 0 Å². The van der Waals surface area contributed by atoms with E-state index in [9.17, 15) is 29.7 Å². The molecule has 0 saturated carbocycles. The molecule has 0 bridgehead atoms. The van der Waals surface area contributed by atoms with Crippen LogP contribution in [0.4, 0.5) is 0 Å². The van der Waals surface area contributed by atoms with Crippen LogP contribution >= 0.6 is 0 Å². The fourth-order valence-corrected chi connectivity index (χ4v) is 8.35. The largest absolute Gasteiger partial charge is 0.511 e. The molecule has 210 valence electrons. The van der Waals surface area contributed by atoms with Crippen molar-refractivity contribution in [2.75, 3.05) is 14.2 Å². The molecule has 1 amide bonds. The third-order valence-electron chi connectivity index (χ3n) is 10.2. The van der Waals surface area contributed by atoms with Crippen LogP contribution in [0.3, 0.4) is 0 Å². The summed E-state index contributed by atoms with van der Waals surface area (Å²) in [4.78, 5) is 39.5. The van der Waals surface area contributed by atoms with E-state index in [1.54, 1.807) is 7.11 Å². The van der Waals surface area contributed by atoms with E-state index < -0.39 is 57.9 Å². The van der Waals surface area contributed by atoms with Gasteiger partial charge in [-0.25, -0.2) is 0 Å². The van der Waals surface area contributed by atoms with Gasteiger partial charge in [-0.3, -0.25) is 14.4 Å². The molecule has 4 aliphatic carbocycles. The number of aliphatic hydroxyl groups is 1. The van der Waals surface area contributed by atoms with Gasteiger partial charge < -0.3 is 30.5 Å². The SMILES string of the molecule is COc1cc(O)c2c(O)c3c(c4c2c1[C@@]1(C4)C(C)=CCCC1(C)C)[C@@H](OC)[C@H]1CC(O)=C(C(N)=O)C(=O)C1C3=O. The van der Waals surface area contributed by atoms with E-state index in [0.717, 1.165) is 29.5 Å². The molecule has 6 rings (SSSR count). The first-order valence-corrected chi connectivity index (χ1v) is 13.5. The highest BCUT2D eigenvalue weighted by molar-refractivity contribution is 6.29. The van der Waals surface area contributed by atoms with Crippen LogP contribution < -0.4 is 10.5 Å². The highest BCUT2D eigenvalue weighted by Gasteiger charge is 2.59. The van der Waals surface area contributed by atoms with Crippen molar-refractivity contribution in [1.29, 1.82) is 0 Å². The van der Waals surface area contributed by atoms with Gasteiger partial charge in [0, 0.05) is 41.9 Å². The number of allylic oxidation sites excluding steroid dienone is 3. The van der Waals surface area contributed by atoms with Gasteiger partial charge in [-0.2, -0.15) is 0 Å². The molecule has 40 heavy (non-hydrogen) atoms. The van der Waals surface area contributed by atoms with E-state index in [1.807, 2.05) is 0 Å². The zero-order valence-corrected chi connectivity index (χ0v) is 23.2. The summed E-state index contributed by atoms with van der Waals surface area (Å²) in [6, 6.07) is 1.47. The minimum Gasteiger partial charge on any atom is -0.511 e. The standard InChI is InChI=1S/C31H33NO8/c1-12-7-6-8-30(2,3)31(12)11-14-18-21(16(34)10-17(39-4)24(18)31)27(37)23-19(14)28(40-5)13-9-15(33)22(29(32)38)25(35)20(13)26(23)36/h7,10,13,20,28,33-34,37H,6,8-9,11H2,1-5H3,(H2,32,38)/t13-,20?,28-,31+/m0/s1. The molecule has 9 nitrogen and oxygen atoms in total. The molecule has 0 fully saturated rings. The second kappa shape index (κ2) is 8.33. The van der Waals surface area contributed by atoms with E-state index in [1.165, 1.54) is 13.2 Å². The number of methoxy groups -OCH3 is 2. The van der Waals surface area contributed by atoms with Crippen LogP contribution in [0.5, 0.6) is 17.2 Å². The Bertz CT molecular complexity index is 1630. The van der Waals surface area contributed by atoms with Gasteiger partial charge in [0.2, 0.25) is 0 Å². The van der Waals surface area contributed by atoms with Crippen molar-refractivity contribution in [2.45, 2.75) is 58.0 Å². The molecule has 0 aliphatic heterocycles. The normalized spacial score (nSPS) is 28.5. The monoisotopic (exact) mass is 547 g/mol. The maximum atomic E-state index is 14.1. The van der Waals surface area contributed by atoms with E-state index in [2.05, 4.69) is 26.8 Å². The summed E-state index contributed by atoms with van der Waals surface area (Å²) in [6.45, 7) is 6.48. The molecular weight excluding hydrogens is 514 g/mol. The van der Waals surface area contributed by atoms with Crippen molar-refractivity contribution in [3.05, 3.63) is 51.3 Å². The summed E-state index contributed by atoms with van der Waals surface area (Å²) in [5.74, 6) is -5.57. The highest BCUT2D eigenvalue weighted by Crippen LogP contribution is 2.66. The van der Waals surface area contributed by atoms with Crippen LogP contribution in [0.2, 0.25) is 0 Å². The van der Waals surface area contributed by atoms with Crippen molar-refractivity contribution >= 4 is 28.2 Å². The van der Waals surface area contributed by atoms with Crippen LogP contribution in [0.15, 0.2) is 29.0 Å². The summed E-state index contributed by atoms with van der Waals surface area (Å²) in [7, 11) is 3.00. The van der Waals surface area contributed by atoms with E-state index in [0.29, 0.717) is 23.1 Å². The number of nitrogens with two attached hydrogens (primary N) is 1. The van der Waals surface area contributed by atoms with E-state index in [-0.39, 0.29) is 28.5 Å². The number of ketones is 2. The molecule has 4 aliphatic rings. The van der Waals surface area contributed by atoms with E-state index in [4.69, 9.17) is 15.2 Å². The molecule has 9 heteroatoms. The lowest BCUT2D eigenvalue weighted by Gasteiger charge is -2.49. The maximum absolute atomic E-state index is 14.1. The van der Waals surface area contributed by atoms with Crippen LogP contribution in [-0.2, 0) is 26.2 Å². The number of hydrogen-bond acceptors (Lipinski definition) is 8. The van der Waals surface area contributed by atoms with Gasteiger partial charge in [0.25, 0.3) is 5.91 Å². The molecule has 0 radical (unpaired) electrons. The number of aliphatic hydroxyl groups excluding tert-OH is 1. The Labute approximate surface area is 231 Å². The van der Waals surface area contributed by atoms with Gasteiger partial charge in [-0.1, -0.05) is 25.5 Å². The Morgan fingerprint density at radius 3 is 2.40 bits per heavy atom. The zero-order chi connectivity index (χ0) is 29.0. The molecule has 1 spiro atoms. The number of amides is 1. The van der Waals surface area contributed by atoms with Crippen molar-refractivity contribution in [1.82, 2.24) is 0 Å². The predicted octanol–water partition coefficient (Wildman–Crippen LogP) is 4.21. The van der Waals surface area contributed by atoms with Crippen LogP contribution in [0.25, 0.3) is 10.8 Å². The summed E-state index contributed by atoms with van der Waals surface area (Å²) in [5.41, 5.74) is 7.02. The number of hydrogen-bond donors (Lipinski definition) is 4. The highest BCUT2D eigenvalue weighted by atomic mass is 16.5. The lowest BCUT2D eigenvalue weighted by Crippen LogP contribution is -2.47. The maximum Gasteiger partial charge on any atom is 0.255 e. The van der Waals surface area contributed by atoms with Gasteiger partial charge in [0.1, 0.15) is 28.6 Å². The Kier molecular flexibility index (Phi) is 5.49. The minimum atomic E-state index is -1.38. The number of rotatable bonds is 3. The molecule has 0 aromatic heterocycles. The Hall–Kier alpha value is -3.85. The smallest absolute Gasteiger partial charge is 0.255 e. The molecule has 2 aromatic rings.